The van der Waals surface area contributed by atoms with Gasteiger partial charge >= 0.3 is 11.8 Å². The molecular weight excluding hydrogens is 422 g/mol. The van der Waals surface area contributed by atoms with E-state index in [1.165, 1.54) is 6.07 Å². The van der Waals surface area contributed by atoms with Crippen molar-refractivity contribution in [2.45, 2.75) is 32.9 Å². The summed E-state index contributed by atoms with van der Waals surface area (Å²) in [5.41, 5.74) is 0.441. The van der Waals surface area contributed by atoms with E-state index in [1.807, 2.05) is 4.90 Å². The Morgan fingerprint density at radius 1 is 1.12 bits per heavy atom. The molecule has 172 valence electrons. The second kappa shape index (κ2) is 9.37. The molecule has 0 saturated carbocycles. The van der Waals surface area contributed by atoms with Crippen LogP contribution in [0.4, 0.5) is 30.6 Å². The number of carbonyl (C=O) groups is 1. The zero-order valence-corrected chi connectivity index (χ0v) is 18.2. The van der Waals surface area contributed by atoms with Crippen LogP contribution >= 0.6 is 0 Å². The molecule has 0 spiro atoms. The summed E-state index contributed by atoms with van der Waals surface area (Å²) in [5.74, 6) is -1.93. The number of piperazine rings is 1. The molecule has 3 rings (SSSR count). The second-order valence-corrected chi connectivity index (χ2v) is 8.49. The van der Waals surface area contributed by atoms with Crippen molar-refractivity contribution in [3.63, 3.8) is 0 Å². The van der Waals surface area contributed by atoms with Gasteiger partial charge in [0.15, 0.2) is 11.6 Å². The highest BCUT2D eigenvalue weighted by Gasteiger charge is 2.30. The number of hydrogen-bond acceptors (Lipinski definition) is 6. The van der Waals surface area contributed by atoms with Crippen LogP contribution in [-0.2, 0) is 11.3 Å². The number of nitro groups is 1. The van der Waals surface area contributed by atoms with Gasteiger partial charge in [-0.05, 0) is 50.6 Å². The maximum absolute atomic E-state index is 13.4. The van der Waals surface area contributed by atoms with Crippen LogP contribution in [0, 0.1) is 21.7 Å². The van der Waals surface area contributed by atoms with Gasteiger partial charge in [0.25, 0.3) is 0 Å². The Morgan fingerprint density at radius 2 is 1.81 bits per heavy atom. The molecule has 10 heteroatoms. The normalized spacial score (nSPS) is 14.3. The highest BCUT2D eigenvalue weighted by molar-refractivity contribution is 5.77. The summed E-state index contributed by atoms with van der Waals surface area (Å²) in [6.45, 7) is 7.04. The van der Waals surface area contributed by atoms with Crippen molar-refractivity contribution in [3.8, 4) is 0 Å². The SMILES string of the molecule is CC(C)(C)OC(=O)N1CCN(c2cccc(NCc3ccc(F)c(F)c3)c2[N+](=O)[O-])CC1. The largest absolute Gasteiger partial charge is 0.444 e. The molecule has 1 aliphatic heterocycles. The first kappa shape index (κ1) is 23.2. The molecule has 0 unspecified atom stereocenters. The number of nitro benzene ring substituents is 1. The van der Waals surface area contributed by atoms with E-state index in [9.17, 15) is 23.7 Å². The fourth-order valence-electron chi connectivity index (χ4n) is 3.42. The number of rotatable bonds is 5. The van der Waals surface area contributed by atoms with Gasteiger partial charge in [-0.2, -0.15) is 0 Å². The molecule has 1 amide bonds. The molecule has 1 fully saturated rings. The standard InChI is InChI=1S/C22H26F2N4O4/c1-22(2,3)32-21(29)27-11-9-26(10-12-27)19-6-4-5-18(20(19)28(30)31)25-14-15-7-8-16(23)17(24)13-15/h4-8,13,25H,9-12,14H2,1-3H3. The van der Waals surface area contributed by atoms with Crippen molar-refractivity contribution < 1.29 is 23.2 Å². The minimum Gasteiger partial charge on any atom is -0.444 e. The van der Waals surface area contributed by atoms with Gasteiger partial charge in [-0.25, -0.2) is 13.6 Å². The fraction of sp³-hybridized carbons (Fsp3) is 0.409. The van der Waals surface area contributed by atoms with E-state index < -0.39 is 28.3 Å². The molecule has 0 atom stereocenters. The lowest BCUT2D eigenvalue weighted by Crippen LogP contribution is -2.50. The third kappa shape index (κ3) is 5.63. The molecule has 1 aliphatic rings. The Labute approximate surface area is 184 Å². The lowest BCUT2D eigenvalue weighted by Gasteiger charge is -2.36. The van der Waals surface area contributed by atoms with Crippen LogP contribution in [0.25, 0.3) is 0 Å². The van der Waals surface area contributed by atoms with Gasteiger partial charge in [0, 0.05) is 32.7 Å². The van der Waals surface area contributed by atoms with Gasteiger partial charge in [-0.1, -0.05) is 12.1 Å². The molecule has 0 aliphatic carbocycles. The summed E-state index contributed by atoms with van der Waals surface area (Å²) in [6, 6.07) is 8.39. The Kier molecular flexibility index (Phi) is 6.81. The summed E-state index contributed by atoms with van der Waals surface area (Å²) in [6.07, 6.45) is -0.409. The van der Waals surface area contributed by atoms with E-state index in [2.05, 4.69) is 5.32 Å². The zero-order valence-electron chi connectivity index (χ0n) is 18.2. The number of amides is 1. The average molecular weight is 448 g/mol. The Bertz CT molecular complexity index is 1000. The van der Waals surface area contributed by atoms with Crippen molar-refractivity contribution in [2.75, 3.05) is 36.4 Å². The molecule has 2 aromatic carbocycles. The number of halogens is 2. The first-order chi connectivity index (χ1) is 15.0. The van der Waals surface area contributed by atoms with Crippen LogP contribution in [0.2, 0.25) is 0 Å². The Balaban J connectivity index is 1.73. The number of nitrogens with one attached hydrogen (secondary N) is 1. The number of para-hydroxylation sites is 1. The molecule has 0 bridgehead atoms. The van der Waals surface area contributed by atoms with Crippen molar-refractivity contribution in [1.29, 1.82) is 0 Å². The summed E-state index contributed by atoms with van der Waals surface area (Å²) >= 11 is 0. The molecule has 0 radical (unpaired) electrons. The molecule has 1 N–H and O–H groups in total. The number of benzene rings is 2. The molecule has 8 nitrogen and oxygen atoms in total. The first-order valence-corrected chi connectivity index (χ1v) is 10.2. The van der Waals surface area contributed by atoms with Crippen molar-refractivity contribution >= 4 is 23.2 Å². The predicted molar refractivity (Wildman–Crippen MR) is 117 cm³/mol. The summed E-state index contributed by atoms with van der Waals surface area (Å²) in [7, 11) is 0. The van der Waals surface area contributed by atoms with E-state index in [0.29, 0.717) is 37.4 Å². The van der Waals surface area contributed by atoms with Crippen LogP contribution in [0.5, 0.6) is 0 Å². The van der Waals surface area contributed by atoms with Crippen molar-refractivity contribution in [1.82, 2.24) is 4.90 Å². The maximum atomic E-state index is 13.4. The summed E-state index contributed by atoms with van der Waals surface area (Å²) in [5, 5.41) is 14.8. The van der Waals surface area contributed by atoms with E-state index in [4.69, 9.17) is 4.74 Å². The minimum atomic E-state index is -0.976. The topological polar surface area (TPSA) is 88.0 Å². The van der Waals surface area contributed by atoms with Crippen LogP contribution in [0.15, 0.2) is 36.4 Å². The van der Waals surface area contributed by atoms with Crippen LogP contribution in [0.3, 0.4) is 0 Å². The third-order valence-corrected chi connectivity index (χ3v) is 4.94. The van der Waals surface area contributed by atoms with E-state index in [1.54, 1.807) is 43.9 Å². The average Bonchev–Trinajstić information content (AvgIpc) is 2.73. The molecule has 1 saturated heterocycles. The van der Waals surface area contributed by atoms with Crippen LogP contribution in [-0.4, -0.2) is 47.7 Å². The third-order valence-electron chi connectivity index (χ3n) is 4.94. The number of ether oxygens (including phenoxy) is 1. The first-order valence-electron chi connectivity index (χ1n) is 10.2. The number of hydrogen-bond donors (Lipinski definition) is 1. The highest BCUT2D eigenvalue weighted by Crippen LogP contribution is 2.36. The lowest BCUT2D eigenvalue weighted by molar-refractivity contribution is -0.383. The Hall–Kier alpha value is -3.43. The van der Waals surface area contributed by atoms with Gasteiger partial charge in [0.1, 0.15) is 17.0 Å². The minimum absolute atomic E-state index is 0.0912. The number of anilines is 2. The van der Waals surface area contributed by atoms with Gasteiger partial charge < -0.3 is 19.9 Å². The Morgan fingerprint density at radius 3 is 2.41 bits per heavy atom. The van der Waals surface area contributed by atoms with Crippen LogP contribution < -0.4 is 10.2 Å². The van der Waals surface area contributed by atoms with E-state index in [-0.39, 0.29) is 17.9 Å². The van der Waals surface area contributed by atoms with Gasteiger partial charge in [-0.3, -0.25) is 10.1 Å². The fourth-order valence-corrected chi connectivity index (χ4v) is 3.42. The number of carbonyl (C=O) groups excluding carboxylic acids is 1. The molecule has 32 heavy (non-hydrogen) atoms. The van der Waals surface area contributed by atoms with Crippen LogP contribution in [0.1, 0.15) is 26.3 Å². The monoisotopic (exact) mass is 448 g/mol. The smallest absolute Gasteiger partial charge is 0.410 e. The number of nitrogens with zero attached hydrogens (tertiary/aromatic N) is 3. The van der Waals surface area contributed by atoms with E-state index >= 15 is 0 Å². The van der Waals surface area contributed by atoms with Crippen molar-refractivity contribution in [3.05, 3.63) is 63.7 Å². The molecule has 2 aromatic rings. The van der Waals surface area contributed by atoms with E-state index in [0.717, 1.165) is 12.1 Å². The van der Waals surface area contributed by atoms with Gasteiger partial charge in [-0.15, -0.1) is 0 Å². The van der Waals surface area contributed by atoms with Gasteiger partial charge in [0.2, 0.25) is 0 Å². The molecule has 0 aromatic heterocycles. The quantitative estimate of drug-likeness (QED) is 0.534. The molecule has 1 heterocycles. The summed E-state index contributed by atoms with van der Waals surface area (Å²) in [4.78, 5) is 27.1. The van der Waals surface area contributed by atoms with Crippen molar-refractivity contribution in [2.24, 2.45) is 0 Å². The van der Waals surface area contributed by atoms with Gasteiger partial charge in [0.05, 0.1) is 4.92 Å². The second-order valence-electron chi connectivity index (χ2n) is 8.49. The summed E-state index contributed by atoms with van der Waals surface area (Å²) < 4.78 is 32.0. The predicted octanol–water partition coefficient (Wildman–Crippen LogP) is 4.54. The molecular formula is C22H26F2N4O4. The highest BCUT2D eigenvalue weighted by atomic mass is 19.2. The zero-order chi connectivity index (χ0) is 23.5. The lowest BCUT2D eigenvalue weighted by atomic mass is 10.1. The maximum Gasteiger partial charge on any atom is 0.410 e.